The number of anilines is 3. The standard InChI is InChI=1S/C23H26ClF3N8OS/c1-13-19(18-17(24)11-29-20(28-2)32-18)37-22(30-13)33-21(36)31-15-5-4-14(16(10-15)23(25,26)27)12-35-8-6-34(3)7-9-35/h4-5,10-11H,6-9,12H2,1-3H3,(H,28,29,32)(H2,30,31,33,36). The molecule has 1 fully saturated rings. The molecule has 0 spiro atoms. The van der Waals surface area contributed by atoms with Crippen molar-refractivity contribution in [3.63, 3.8) is 0 Å². The summed E-state index contributed by atoms with van der Waals surface area (Å²) in [5.74, 6) is 0.371. The molecule has 9 nitrogen and oxygen atoms in total. The Morgan fingerprint density at radius 2 is 1.89 bits per heavy atom. The molecule has 0 radical (unpaired) electrons. The Labute approximate surface area is 221 Å². The number of hydrogen-bond acceptors (Lipinski definition) is 8. The zero-order valence-electron chi connectivity index (χ0n) is 20.4. The van der Waals surface area contributed by atoms with Gasteiger partial charge in [-0.3, -0.25) is 10.2 Å². The van der Waals surface area contributed by atoms with Gasteiger partial charge in [0, 0.05) is 45.5 Å². The maximum atomic E-state index is 13.8. The van der Waals surface area contributed by atoms with Crippen LogP contribution >= 0.6 is 22.9 Å². The van der Waals surface area contributed by atoms with Gasteiger partial charge in [-0.2, -0.15) is 13.2 Å². The molecule has 1 aliphatic heterocycles. The first kappa shape index (κ1) is 27.0. The van der Waals surface area contributed by atoms with E-state index in [0.717, 1.165) is 30.5 Å². The number of piperazine rings is 1. The highest BCUT2D eigenvalue weighted by Crippen LogP contribution is 2.37. The van der Waals surface area contributed by atoms with E-state index in [-0.39, 0.29) is 22.9 Å². The van der Waals surface area contributed by atoms with Gasteiger partial charge in [-0.05, 0) is 31.7 Å². The van der Waals surface area contributed by atoms with Crippen molar-refractivity contribution in [3.8, 4) is 10.6 Å². The van der Waals surface area contributed by atoms with Crippen molar-refractivity contribution < 1.29 is 18.0 Å². The molecule has 3 aromatic rings. The molecule has 37 heavy (non-hydrogen) atoms. The summed E-state index contributed by atoms with van der Waals surface area (Å²) in [7, 11) is 3.66. The fraction of sp³-hybridized carbons (Fsp3) is 0.391. The van der Waals surface area contributed by atoms with Crippen LogP contribution in [-0.2, 0) is 12.7 Å². The number of nitrogens with one attached hydrogen (secondary N) is 3. The highest BCUT2D eigenvalue weighted by Gasteiger charge is 2.34. The minimum Gasteiger partial charge on any atom is -0.357 e. The summed E-state index contributed by atoms with van der Waals surface area (Å²) in [5.41, 5.74) is 0.463. The lowest BCUT2D eigenvalue weighted by Crippen LogP contribution is -2.44. The normalized spacial score (nSPS) is 15.0. The Morgan fingerprint density at radius 1 is 1.16 bits per heavy atom. The van der Waals surface area contributed by atoms with Crippen molar-refractivity contribution in [2.45, 2.75) is 19.6 Å². The highest BCUT2D eigenvalue weighted by molar-refractivity contribution is 7.19. The van der Waals surface area contributed by atoms with Crippen LogP contribution in [0.5, 0.6) is 0 Å². The molecule has 0 atom stereocenters. The third-order valence-corrected chi connectivity index (χ3v) is 7.22. The van der Waals surface area contributed by atoms with Gasteiger partial charge >= 0.3 is 12.2 Å². The average Bonchev–Trinajstić information content (AvgIpc) is 3.20. The van der Waals surface area contributed by atoms with Crippen LogP contribution in [0.15, 0.2) is 24.4 Å². The summed E-state index contributed by atoms with van der Waals surface area (Å²) < 4.78 is 41.5. The molecule has 4 rings (SSSR count). The van der Waals surface area contributed by atoms with E-state index in [2.05, 4.69) is 35.8 Å². The smallest absolute Gasteiger partial charge is 0.357 e. The number of thiazole rings is 1. The van der Waals surface area contributed by atoms with Crippen molar-refractivity contribution >= 4 is 45.7 Å². The number of urea groups is 1. The molecule has 198 valence electrons. The number of amides is 2. The number of hydrogen-bond donors (Lipinski definition) is 3. The number of benzene rings is 1. The van der Waals surface area contributed by atoms with Crippen LogP contribution in [0.4, 0.5) is 34.7 Å². The van der Waals surface area contributed by atoms with E-state index in [4.69, 9.17) is 11.6 Å². The zero-order valence-corrected chi connectivity index (χ0v) is 22.0. The monoisotopic (exact) mass is 554 g/mol. The van der Waals surface area contributed by atoms with Gasteiger partial charge in [0.15, 0.2) is 5.13 Å². The van der Waals surface area contributed by atoms with E-state index in [1.807, 2.05) is 11.9 Å². The SMILES string of the molecule is CNc1ncc(Cl)c(-c2sc(NC(=O)Nc3ccc(CN4CCN(C)CC4)c(C(F)(F)F)c3)nc2C)n1. The predicted molar refractivity (Wildman–Crippen MR) is 139 cm³/mol. The Bertz CT molecular complexity index is 1280. The number of likely N-dealkylation sites (N-methyl/N-ethyl adjacent to an activating group) is 1. The number of aromatic nitrogens is 3. The van der Waals surface area contributed by atoms with Gasteiger partial charge < -0.3 is 15.5 Å². The van der Waals surface area contributed by atoms with E-state index >= 15 is 0 Å². The van der Waals surface area contributed by atoms with Gasteiger partial charge in [-0.25, -0.2) is 19.7 Å². The molecular weight excluding hydrogens is 529 g/mol. The minimum absolute atomic E-state index is 0.0259. The molecule has 1 aromatic carbocycles. The highest BCUT2D eigenvalue weighted by atomic mass is 35.5. The average molecular weight is 555 g/mol. The molecule has 0 saturated carbocycles. The molecule has 0 unspecified atom stereocenters. The number of carbonyl (C=O) groups excluding carboxylic acids is 1. The quantitative estimate of drug-likeness (QED) is 0.394. The van der Waals surface area contributed by atoms with Crippen LogP contribution in [0.3, 0.4) is 0 Å². The first-order valence-corrected chi connectivity index (χ1v) is 12.6. The van der Waals surface area contributed by atoms with Gasteiger partial charge in [-0.15, -0.1) is 0 Å². The lowest BCUT2D eigenvalue weighted by Gasteiger charge is -2.33. The first-order chi connectivity index (χ1) is 17.5. The predicted octanol–water partition coefficient (Wildman–Crippen LogP) is 5.01. The molecule has 2 amide bonds. The summed E-state index contributed by atoms with van der Waals surface area (Å²) in [5, 5.41) is 8.44. The van der Waals surface area contributed by atoms with Gasteiger partial charge in [0.2, 0.25) is 5.95 Å². The second-order valence-corrected chi connectivity index (χ2v) is 10.0. The van der Waals surface area contributed by atoms with Gasteiger partial charge in [0.1, 0.15) is 5.69 Å². The van der Waals surface area contributed by atoms with E-state index in [9.17, 15) is 18.0 Å². The Kier molecular flexibility index (Phi) is 8.17. The third-order valence-electron chi connectivity index (χ3n) is 5.86. The summed E-state index contributed by atoms with van der Waals surface area (Å²) in [4.78, 5) is 30.1. The second-order valence-electron chi connectivity index (χ2n) is 8.60. The zero-order chi connectivity index (χ0) is 26.7. The van der Waals surface area contributed by atoms with Crippen LogP contribution in [-0.4, -0.2) is 71.1 Å². The van der Waals surface area contributed by atoms with Gasteiger partial charge in [-0.1, -0.05) is 29.0 Å². The molecule has 14 heteroatoms. The topological polar surface area (TPSA) is 98.3 Å². The van der Waals surface area contributed by atoms with Crippen LogP contribution in [0.1, 0.15) is 16.8 Å². The maximum Gasteiger partial charge on any atom is 0.416 e. The summed E-state index contributed by atoms with van der Waals surface area (Å²) >= 11 is 7.38. The second kappa shape index (κ2) is 11.2. The van der Waals surface area contributed by atoms with E-state index in [0.29, 0.717) is 40.3 Å². The largest absolute Gasteiger partial charge is 0.416 e. The molecule has 2 aromatic heterocycles. The number of halogens is 4. The molecule has 1 aliphatic rings. The van der Waals surface area contributed by atoms with Crippen LogP contribution in [0, 0.1) is 6.92 Å². The van der Waals surface area contributed by atoms with Crippen molar-refractivity contribution in [2.75, 3.05) is 56.2 Å². The Morgan fingerprint density at radius 3 is 2.57 bits per heavy atom. The lowest BCUT2D eigenvalue weighted by atomic mass is 10.0. The van der Waals surface area contributed by atoms with Crippen molar-refractivity contribution in [1.82, 2.24) is 24.8 Å². The van der Waals surface area contributed by atoms with Gasteiger partial charge in [0.25, 0.3) is 0 Å². The minimum atomic E-state index is -4.56. The van der Waals surface area contributed by atoms with Crippen molar-refractivity contribution in [2.24, 2.45) is 0 Å². The fourth-order valence-corrected chi connectivity index (χ4v) is 5.09. The lowest BCUT2D eigenvalue weighted by molar-refractivity contribution is -0.138. The maximum absolute atomic E-state index is 13.8. The Hall–Kier alpha value is -3.00. The van der Waals surface area contributed by atoms with Crippen LogP contribution < -0.4 is 16.0 Å². The number of rotatable bonds is 6. The van der Waals surface area contributed by atoms with E-state index in [1.165, 1.54) is 18.3 Å². The van der Waals surface area contributed by atoms with Gasteiger partial charge in [0.05, 0.1) is 27.4 Å². The number of nitrogens with zero attached hydrogens (tertiary/aromatic N) is 5. The summed E-state index contributed by atoms with van der Waals surface area (Å²) in [6, 6.07) is 3.13. The van der Waals surface area contributed by atoms with E-state index < -0.39 is 17.8 Å². The van der Waals surface area contributed by atoms with Crippen molar-refractivity contribution in [3.05, 3.63) is 46.2 Å². The molecular formula is C23H26ClF3N8OS. The number of aryl methyl sites for hydroxylation is 1. The van der Waals surface area contributed by atoms with Crippen LogP contribution in [0.25, 0.3) is 10.6 Å². The number of carbonyl (C=O) groups is 1. The third kappa shape index (κ3) is 6.66. The summed E-state index contributed by atoms with van der Waals surface area (Å²) in [6.45, 7) is 4.93. The van der Waals surface area contributed by atoms with E-state index in [1.54, 1.807) is 14.0 Å². The molecule has 0 bridgehead atoms. The molecule has 3 N–H and O–H groups in total. The molecule has 3 heterocycles. The van der Waals surface area contributed by atoms with Crippen LogP contribution in [0.2, 0.25) is 5.02 Å². The number of alkyl halides is 3. The molecule has 1 saturated heterocycles. The van der Waals surface area contributed by atoms with Crippen molar-refractivity contribution in [1.29, 1.82) is 0 Å². The Balaban J connectivity index is 1.47. The first-order valence-electron chi connectivity index (χ1n) is 11.4. The molecule has 0 aliphatic carbocycles. The summed E-state index contributed by atoms with van der Waals surface area (Å²) in [6.07, 6.45) is -3.10. The fourth-order valence-electron chi connectivity index (χ4n) is 3.88.